The van der Waals surface area contributed by atoms with Crippen LogP contribution < -0.4 is 5.32 Å². The number of hydrogen-bond acceptors (Lipinski definition) is 6. The standard InChI is InChI=1S/C17H27N3O4/c1-5-23-16(22)12-7-6-8-20(10-12)11-14(21)18-15-9-13(19-24-15)17(2,3)4/h9,12H,5-8,10-11H2,1-4H3,(H,18,21). The molecule has 134 valence electrons. The van der Waals surface area contributed by atoms with Crippen LogP contribution in [0, 0.1) is 5.92 Å². The number of piperidine rings is 1. The Morgan fingerprint density at radius 3 is 2.83 bits per heavy atom. The molecular weight excluding hydrogens is 310 g/mol. The number of carbonyl (C=O) groups is 2. The van der Waals surface area contributed by atoms with Gasteiger partial charge < -0.3 is 9.26 Å². The van der Waals surface area contributed by atoms with Crippen molar-refractivity contribution in [1.82, 2.24) is 10.1 Å². The highest BCUT2D eigenvalue weighted by Crippen LogP contribution is 2.23. The van der Waals surface area contributed by atoms with Gasteiger partial charge in [0.2, 0.25) is 11.8 Å². The molecule has 0 bridgehead atoms. The van der Waals surface area contributed by atoms with E-state index >= 15 is 0 Å². The van der Waals surface area contributed by atoms with Crippen molar-refractivity contribution in [2.45, 2.75) is 46.0 Å². The Bertz CT molecular complexity index is 577. The summed E-state index contributed by atoms with van der Waals surface area (Å²) in [7, 11) is 0. The summed E-state index contributed by atoms with van der Waals surface area (Å²) in [6.07, 6.45) is 1.70. The van der Waals surface area contributed by atoms with Gasteiger partial charge in [0.15, 0.2) is 0 Å². The van der Waals surface area contributed by atoms with E-state index in [1.54, 1.807) is 13.0 Å². The lowest BCUT2D eigenvalue weighted by molar-refractivity contribution is -0.150. The van der Waals surface area contributed by atoms with E-state index in [0.717, 1.165) is 25.1 Å². The van der Waals surface area contributed by atoms with E-state index in [1.165, 1.54) is 0 Å². The van der Waals surface area contributed by atoms with Gasteiger partial charge in [-0.3, -0.25) is 19.8 Å². The number of carbonyl (C=O) groups excluding carboxylic acids is 2. The number of amides is 1. The maximum Gasteiger partial charge on any atom is 0.310 e. The van der Waals surface area contributed by atoms with Gasteiger partial charge >= 0.3 is 5.97 Å². The number of nitrogens with zero attached hydrogens (tertiary/aromatic N) is 2. The van der Waals surface area contributed by atoms with E-state index in [4.69, 9.17) is 9.26 Å². The lowest BCUT2D eigenvalue weighted by Gasteiger charge is -2.30. The first kappa shape index (κ1) is 18.4. The minimum atomic E-state index is -0.173. The fraction of sp³-hybridized carbons (Fsp3) is 0.706. The molecule has 7 nitrogen and oxygen atoms in total. The number of ether oxygens (including phenoxy) is 1. The molecule has 0 radical (unpaired) electrons. The van der Waals surface area contributed by atoms with E-state index in [2.05, 4.69) is 10.5 Å². The van der Waals surface area contributed by atoms with Crippen molar-refractivity contribution in [3.8, 4) is 0 Å². The van der Waals surface area contributed by atoms with Gasteiger partial charge in [-0.15, -0.1) is 0 Å². The molecule has 1 amide bonds. The number of rotatable bonds is 5. The van der Waals surface area contributed by atoms with E-state index in [1.807, 2.05) is 25.7 Å². The van der Waals surface area contributed by atoms with Crippen molar-refractivity contribution >= 4 is 17.8 Å². The van der Waals surface area contributed by atoms with Crippen LogP contribution in [0.3, 0.4) is 0 Å². The normalized spacial score (nSPS) is 19.1. The predicted octanol–water partition coefficient (Wildman–Crippen LogP) is 2.19. The van der Waals surface area contributed by atoms with Gasteiger partial charge in [0.1, 0.15) is 0 Å². The maximum absolute atomic E-state index is 12.2. The van der Waals surface area contributed by atoms with Crippen molar-refractivity contribution in [2.75, 3.05) is 31.6 Å². The Labute approximate surface area is 142 Å². The smallest absolute Gasteiger partial charge is 0.310 e. The number of anilines is 1. The van der Waals surface area contributed by atoms with Crippen LogP contribution in [-0.2, 0) is 19.7 Å². The Morgan fingerprint density at radius 1 is 1.46 bits per heavy atom. The third-order valence-corrected chi connectivity index (χ3v) is 4.03. The summed E-state index contributed by atoms with van der Waals surface area (Å²) in [4.78, 5) is 26.0. The molecule has 24 heavy (non-hydrogen) atoms. The maximum atomic E-state index is 12.2. The molecular formula is C17H27N3O4. The third kappa shape index (κ3) is 5.06. The van der Waals surface area contributed by atoms with Gasteiger partial charge in [-0.05, 0) is 26.3 Å². The molecule has 1 fully saturated rings. The fourth-order valence-corrected chi connectivity index (χ4v) is 2.72. The molecule has 0 spiro atoms. The molecule has 1 unspecified atom stereocenters. The largest absolute Gasteiger partial charge is 0.466 e. The minimum Gasteiger partial charge on any atom is -0.466 e. The van der Waals surface area contributed by atoms with Crippen LogP contribution in [0.5, 0.6) is 0 Å². The minimum absolute atomic E-state index is 0.133. The van der Waals surface area contributed by atoms with Crippen LogP contribution in [0.2, 0.25) is 0 Å². The summed E-state index contributed by atoms with van der Waals surface area (Å²) in [6, 6.07) is 1.75. The summed E-state index contributed by atoms with van der Waals surface area (Å²) in [5, 5.41) is 6.70. The highest BCUT2D eigenvalue weighted by Gasteiger charge is 2.28. The zero-order valence-electron chi connectivity index (χ0n) is 14.9. The molecule has 0 aromatic carbocycles. The SMILES string of the molecule is CCOC(=O)C1CCCN(CC(=O)Nc2cc(C(C)(C)C)no2)C1. The van der Waals surface area contributed by atoms with Crippen molar-refractivity contribution in [2.24, 2.45) is 5.92 Å². The lowest BCUT2D eigenvalue weighted by atomic mass is 9.92. The molecule has 1 atom stereocenters. The summed E-state index contributed by atoms with van der Waals surface area (Å²) in [6.45, 7) is 9.84. The van der Waals surface area contributed by atoms with Crippen molar-refractivity contribution in [3.63, 3.8) is 0 Å². The number of aromatic nitrogens is 1. The van der Waals surface area contributed by atoms with Crippen LogP contribution in [0.15, 0.2) is 10.6 Å². The van der Waals surface area contributed by atoms with Crippen molar-refractivity contribution < 1.29 is 18.8 Å². The summed E-state index contributed by atoms with van der Waals surface area (Å²) in [5.41, 5.74) is 0.657. The van der Waals surface area contributed by atoms with E-state index in [9.17, 15) is 9.59 Å². The quantitative estimate of drug-likeness (QED) is 0.829. The van der Waals surface area contributed by atoms with Crippen LogP contribution in [0.1, 0.15) is 46.2 Å². The van der Waals surface area contributed by atoms with Gasteiger partial charge in [-0.1, -0.05) is 25.9 Å². The number of nitrogens with one attached hydrogen (secondary N) is 1. The second-order valence-electron chi connectivity index (χ2n) is 7.20. The zero-order chi connectivity index (χ0) is 17.7. The molecule has 1 aromatic rings. The van der Waals surface area contributed by atoms with Crippen LogP contribution in [0.4, 0.5) is 5.88 Å². The molecule has 1 saturated heterocycles. The van der Waals surface area contributed by atoms with Crippen molar-refractivity contribution in [3.05, 3.63) is 11.8 Å². The van der Waals surface area contributed by atoms with Gasteiger partial charge in [-0.2, -0.15) is 0 Å². The molecule has 2 rings (SSSR count). The molecule has 7 heteroatoms. The Balaban J connectivity index is 1.85. The first-order valence-corrected chi connectivity index (χ1v) is 8.45. The molecule has 1 aliphatic heterocycles. The van der Waals surface area contributed by atoms with Crippen LogP contribution in [-0.4, -0.2) is 48.2 Å². The third-order valence-electron chi connectivity index (χ3n) is 4.03. The highest BCUT2D eigenvalue weighted by atomic mass is 16.5. The van der Waals surface area contributed by atoms with Gasteiger partial charge in [-0.25, -0.2) is 0 Å². The second kappa shape index (κ2) is 7.79. The molecule has 1 N–H and O–H groups in total. The first-order chi connectivity index (χ1) is 11.3. The lowest BCUT2D eigenvalue weighted by Crippen LogP contribution is -2.43. The molecule has 1 aromatic heterocycles. The zero-order valence-corrected chi connectivity index (χ0v) is 14.9. The Kier molecular flexibility index (Phi) is 5.99. The van der Waals surface area contributed by atoms with E-state index < -0.39 is 0 Å². The number of esters is 1. The molecule has 2 heterocycles. The number of likely N-dealkylation sites (tertiary alicyclic amines) is 1. The van der Waals surface area contributed by atoms with Crippen LogP contribution >= 0.6 is 0 Å². The van der Waals surface area contributed by atoms with Crippen molar-refractivity contribution in [1.29, 1.82) is 0 Å². The average molecular weight is 337 g/mol. The van der Waals surface area contributed by atoms with E-state index in [-0.39, 0.29) is 29.8 Å². The highest BCUT2D eigenvalue weighted by molar-refractivity contribution is 5.91. The molecule has 0 aliphatic carbocycles. The Hall–Kier alpha value is -1.89. The number of hydrogen-bond donors (Lipinski definition) is 1. The monoisotopic (exact) mass is 337 g/mol. The van der Waals surface area contributed by atoms with E-state index in [0.29, 0.717) is 19.0 Å². The Morgan fingerprint density at radius 2 is 2.21 bits per heavy atom. The van der Waals surface area contributed by atoms with Gasteiger partial charge in [0, 0.05) is 18.0 Å². The molecule has 1 aliphatic rings. The van der Waals surface area contributed by atoms with Crippen LogP contribution in [0.25, 0.3) is 0 Å². The summed E-state index contributed by atoms with van der Waals surface area (Å²) < 4.78 is 10.2. The topological polar surface area (TPSA) is 84.7 Å². The fourth-order valence-electron chi connectivity index (χ4n) is 2.72. The summed E-state index contributed by atoms with van der Waals surface area (Å²) >= 11 is 0. The molecule has 0 saturated carbocycles. The predicted molar refractivity (Wildman–Crippen MR) is 89.6 cm³/mol. The second-order valence-corrected chi connectivity index (χ2v) is 7.20. The average Bonchev–Trinajstić information content (AvgIpc) is 2.96. The summed E-state index contributed by atoms with van der Waals surface area (Å²) in [5.74, 6) is -0.142. The van der Waals surface area contributed by atoms with Gasteiger partial charge in [0.25, 0.3) is 0 Å². The first-order valence-electron chi connectivity index (χ1n) is 8.45. The van der Waals surface area contributed by atoms with Gasteiger partial charge in [0.05, 0.1) is 24.8 Å².